The average molecular weight is 347 g/mol. The Morgan fingerprint density at radius 3 is 2.85 bits per heavy atom. The zero-order valence-electron chi connectivity index (χ0n) is 15.2. The summed E-state index contributed by atoms with van der Waals surface area (Å²) in [7, 11) is 0. The van der Waals surface area contributed by atoms with Gasteiger partial charge in [0.25, 0.3) is 0 Å². The van der Waals surface area contributed by atoms with Gasteiger partial charge in [0.05, 0.1) is 0 Å². The largest absolute Gasteiger partial charge is 0.354 e. The highest BCUT2D eigenvalue weighted by Gasteiger charge is 2.62. The molecule has 2 N–H and O–H groups in total. The highest BCUT2D eigenvalue weighted by atomic mass is 15.2. The fraction of sp³-hybridized carbons (Fsp3) is 0.476. The summed E-state index contributed by atoms with van der Waals surface area (Å²) < 4.78 is 0. The van der Waals surface area contributed by atoms with Crippen molar-refractivity contribution in [2.45, 2.75) is 51.0 Å². The normalized spacial score (nSPS) is 25.3. The number of aromatic nitrogens is 2. The van der Waals surface area contributed by atoms with Crippen molar-refractivity contribution in [2.75, 3.05) is 16.8 Å². The molecule has 26 heavy (non-hydrogen) atoms. The summed E-state index contributed by atoms with van der Waals surface area (Å²) in [6.07, 6.45) is 9.59. The summed E-state index contributed by atoms with van der Waals surface area (Å²) in [5, 5.41) is 11.2. The first-order chi connectivity index (χ1) is 12.7. The molecule has 2 saturated carbocycles. The molecular weight excluding hydrogens is 322 g/mol. The van der Waals surface area contributed by atoms with Crippen LogP contribution in [0.15, 0.2) is 30.6 Å². The molecule has 1 aliphatic heterocycles. The lowest BCUT2D eigenvalue weighted by Gasteiger charge is -2.22. The minimum atomic E-state index is 0.530. The van der Waals surface area contributed by atoms with Gasteiger partial charge in [0.15, 0.2) is 0 Å². The van der Waals surface area contributed by atoms with Crippen LogP contribution in [0, 0.1) is 10.8 Å². The fourth-order valence-electron chi connectivity index (χ4n) is 4.54. The Balaban J connectivity index is 1.42. The Morgan fingerprint density at radius 2 is 2.15 bits per heavy atom. The average Bonchev–Trinajstić information content (AvgIpc) is 3.55. The van der Waals surface area contributed by atoms with E-state index in [0.29, 0.717) is 17.4 Å². The van der Waals surface area contributed by atoms with Crippen LogP contribution >= 0.6 is 0 Å². The molecule has 0 amide bonds. The van der Waals surface area contributed by atoms with E-state index >= 15 is 0 Å². The van der Waals surface area contributed by atoms with Crippen molar-refractivity contribution in [2.24, 2.45) is 5.41 Å². The van der Waals surface area contributed by atoms with Gasteiger partial charge in [-0.2, -0.15) is 0 Å². The number of hydrogen-bond donors (Lipinski definition) is 2. The zero-order chi connectivity index (χ0) is 17.7. The topological polar surface area (TPSA) is 64.9 Å². The quantitative estimate of drug-likeness (QED) is 0.783. The van der Waals surface area contributed by atoms with Gasteiger partial charge in [-0.1, -0.05) is 12.1 Å². The first-order valence-electron chi connectivity index (χ1n) is 9.69. The van der Waals surface area contributed by atoms with Crippen molar-refractivity contribution >= 4 is 23.5 Å². The van der Waals surface area contributed by atoms with Crippen molar-refractivity contribution in [3.8, 4) is 0 Å². The van der Waals surface area contributed by atoms with Gasteiger partial charge in [0, 0.05) is 36.1 Å². The smallest absolute Gasteiger partial charge is 0.135 e. The molecule has 3 aliphatic rings. The van der Waals surface area contributed by atoms with E-state index in [-0.39, 0.29) is 0 Å². The van der Waals surface area contributed by atoms with E-state index in [0.717, 1.165) is 29.4 Å². The van der Waals surface area contributed by atoms with Crippen LogP contribution in [0.4, 0.5) is 17.3 Å². The van der Waals surface area contributed by atoms with Gasteiger partial charge in [0.2, 0.25) is 0 Å². The molecule has 1 spiro atoms. The first-order valence-corrected chi connectivity index (χ1v) is 9.69. The number of benzene rings is 1. The van der Waals surface area contributed by atoms with Gasteiger partial charge in [-0.05, 0) is 62.0 Å². The van der Waals surface area contributed by atoms with Crippen LogP contribution in [0.2, 0.25) is 0 Å². The van der Waals surface area contributed by atoms with Crippen LogP contribution in [-0.4, -0.2) is 28.8 Å². The minimum absolute atomic E-state index is 0.530. The molecule has 1 aromatic heterocycles. The van der Waals surface area contributed by atoms with Gasteiger partial charge in [-0.3, -0.25) is 0 Å². The lowest BCUT2D eigenvalue weighted by molar-refractivity contribution is 0.726. The van der Waals surface area contributed by atoms with E-state index in [1.807, 2.05) is 6.07 Å². The van der Waals surface area contributed by atoms with Gasteiger partial charge in [-0.25, -0.2) is 9.97 Å². The van der Waals surface area contributed by atoms with Crippen LogP contribution in [0.25, 0.3) is 0 Å². The maximum atomic E-state index is 7.73. The molecular formula is C21H25N5. The lowest BCUT2D eigenvalue weighted by atomic mass is 10.0. The molecule has 0 radical (unpaired) electrons. The van der Waals surface area contributed by atoms with Crippen LogP contribution in [0.3, 0.4) is 0 Å². The Kier molecular flexibility index (Phi) is 3.52. The number of rotatable bonds is 5. The van der Waals surface area contributed by atoms with Crippen molar-refractivity contribution < 1.29 is 0 Å². The molecule has 1 aromatic carbocycles. The number of anilines is 3. The van der Waals surface area contributed by atoms with Crippen molar-refractivity contribution in [3.05, 3.63) is 41.7 Å². The third kappa shape index (κ3) is 2.66. The maximum absolute atomic E-state index is 7.73. The Bertz CT molecular complexity index is 857. The molecule has 5 rings (SSSR count). The third-order valence-corrected chi connectivity index (χ3v) is 6.48. The third-order valence-electron chi connectivity index (χ3n) is 6.48. The molecule has 1 saturated heterocycles. The van der Waals surface area contributed by atoms with E-state index in [2.05, 4.69) is 45.3 Å². The Labute approximate surface area is 154 Å². The van der Waals surface area contributed by atoms with Crippen LogP contribution in [0.1, 0.15) is 56.1 Å². The minimum Gasteiger partial charge on any atom is -0.354 e. The summed E-state index contributed by atoms with van der Waals surface area (Å²) >= 11 is 0. The number of hydrogen-bond acceptors (Lipinski definition) is 5. The van der Waals surface area contributed by atoms with Crippen molar-refractivity contribution in [1.82, 2.24) is 9.97 Å². The molecule has 2 aliphatic carbocycles. The molecule has 2 unspecified atom stereocenters. The molecule has 134 valence electrons. The van der Waals surface area contributed by atoms with E-state index in [4.69, 9.17) is 5.41 Å². The van der Waals surface area contributed by atoms with E-state index in [9.17, 15) is 0 Å². The van der Waals surface area contributed by atoms with Crippen LogP contribution in [0.5, 0.6) is 0 Å². The SMILES string of the molecule is CC1CCCN1c1cc(Nc2cc(C3CC34CC4)ccc2C=N)ncn1. The summed E-state index contributed by atoms with van der Waals surface area (Å²) in [4.78, 5) is 11.2. The van der Waals surface area contributed by atoms with Gasteiger partial charge < -0.3 is 15.6 Å². The molecule has 2 atom stereocenters. The van der Waals surface area contributed by atoms with Crippen molar-refractivity contribution in [1.29, 1.82) is 5.41 Å². The summed E-state index contributed by atoms with van der Waals surface area (Å²) in [5.41, 5.74) is 3.91. The molecule has 0 bridgehead atoms. The first kappa shape index (κ1) is 15.8. The zero-order valence-corrected chi connectivity index (χ0v) is 15.2. The highest BCUT2D eigenvalue weighted by molar-refractivity contribution is 5.87. The second-order valence-corrected chi connectivity index (χ2v) is 8.18. The molecule has 5 nitrogen and oxygen atoms in total. The second-order valence-electron chi connectivity index (χ2n) is 8.18. The number of nitrogens with one attached hydrogen (secondary N) is 2. The molecule has 5 heteroatoms. The Morgan fingerprint density at radius 1 is 1.27 bits per heavy atom. The van der Waals surface area contributed by atoms with E-state index in [1.54, 1.807) is 6.33 Å². The maximum Gasteiger partial charge on any atom is 0.135 e. The highest BCUT2D eigenvalue weighted by Crippen LogP contribution is 2.75. The summed E-state index contributed by atoms with van der Waals surface area (Å²) in [6, 6.07) is 9.03. The van der Waals surface area contributed by atoms with Gasteiger partial charge in [-0.15, -0.1) is 0 Å². The van der Waals surface area contributed by atoms with E-state index in [1.165, 1.54) is 43.9 Å². The second kappa shape index (κ2) is 5.79. The summed E-state index contributed by atoms with van der Waals surface area (Å²) in [5.74, 6) is 2.50. The fourth-order valence-corrected chi connectivity index (χ4v) is 4.54. The Hall–Kier alpha value is -2.43. The van der Waals surface area contributed by atoms with E-state index < -0.39 is 0 Å². The molecule has 2 aromatic rings. The summed E-state index contributed by atoms with van der Waals surface area (Å²) in [6.45, 7) is 3.31. The molecule has 3 fully saturated rings. The van der Waals surface area contributed by atoms with Crippen LogP contribution < -0.4 is 10.2 Å². The van der Waals surface area contributed by atoms with Gasteiger partial charge >= 0.3 is 0 Å². The standard InChI is InChI=1S/C21H25N5/c1-14-3-2-8-26(14)20-10-19(23-13-24-20)25-18-9-15(4-5-16(18)12-22)17-11-21(17)6-7-21/h4-5,9-10,12-14,17,22H,2-3,6-8,11H2,1H3,(H,23,24,25). The van der Waals surface area contributed by atoms with Crippen molar-refractivity contribution in [3.63, 3.8) is 0 Å². The number of nitrogens with zero attached hydrogens (tertiary/aromatic N) is 3. The predicted molar refractivity (Wildman–Crippen MR) is 105 cm³/mol. The molecule has 2 heterocycles. The predicted octanol–water partition coefficient (Wildman–Crippen LogP) is 4.47. The monoisotopic (exact) mass is 347 g/mol. The lowest BCUT2D eigenvalue weighted by Crippen LogP contribution is -2.27. The van der Waals surface area contributed by atoms with Crippen LogP contribution in [-0.2, 0) is 0 Å². The van der Waals surface area contributed by atoms with Gasteiger partial charge in [0.1, 0.15) is 18.0 Å².